The minimum Gasteiger partial charge on any atom is -0.319 e. The first-order valence-electron chi connectivity index (χ1n) is 6.27. The van der Waals surface area contributed by atoms with E-state index in [0.717, 1.165) is 0 Å². The smallest absolute Gasteiger partial charge is 0.293 e. The highest BCUT2D eigenvalue weighted by Gasteiger charge is 2.26. The van der Waals surface area contributed by atoms with Crippen LogP contribution in [0.25, 0.3) is 0 Å². The number of amides is 1. The number of nitrogens with zero attached hydrogens (tertiary/aromatic N) is 1. The molecular weight excluding hydrogens is 323 g/mol. The van der Waals surface area contributed by atoms with Gasteiger partial charge in [0.15, 0.2) is 0 Å². The summed E-state index contributed by atoms with van der Waals surface area (Å²) in [5, 5.41) is 12.2. The minimum absolute atomic E-state index is 0.256. The van der Waals surface area contributed by atoms with Crippen molar-refractivity contribution in [3.63, 3.8) is 0 Å². The van der Waals surface area contributed by atoms with Gasteiger partial charge in [-0.3, -0.25) is 9.59 Å². The van der Waals surface area contributed by atoms with Gasteiger partial charge in [0.1, 0.15) is 5.92 Å². The van der Waals surface area contributed by atoms with Crippen molar-refractivity contribution in [2.45, 2.75) is 5.92 Å². The van der Waals surface area contributed by atoms with Crippen molar-refractivity contribution in [1.29, 1.82) is 5.26 Å². The number of Topliss-reactive ketones (excluding diaryl/α,β-unsaturated/α-hetero) is 1. The second-order valence-electron chi connectivity index (χ2n) is 4.42. The van der Waals surface area contributed by atoms with Crippen molar-refractivity contribution < 1.29 is 9.59 Å². The zero-order valence-corrected chi connectivity index (χ0v) is 12.7. The SMILES string of the molecule is N#C[C@@H](C(=O)C(=O)Nc1ccc(Cl)c(Cl)c1)c1ccccc1. The maximum atomic E-state index is 12.1. The molecule has 2 aromatic carbocycles. The van der Waals surface area contributed by atoms with Gasteiger partial charge in [0, 0.05) is 5.69 Å². The summed E-state index contributed by atoms with van der Waals surface area (Å²) in [5.41, 5.74) is 0.803. The Bertz CT molecular complexity index is 754. The second kappa shape index (κ2) is 7.08. The van der Waals surface area contributed by atoms with Crippen LogP contribution in [-0.4, -0.2) is 11.7 Å². The quantitative estimate of drug-likeness (QED) is 0.865. The van der Waals surface area contributed by atoms with Gasteiger partial charge in [-0.25, -0.2) is 0 Å². The number of carbonyl (C=O) groups excluding carboxylic acids is 2. The maximum absolute atomic E-state index is 12.1. The molecule has 0 heterocycles. The van der Waals surface area contributed by atoms with Crippen LogP contribution in [0.2, 0.25) is 10.0 Å². The van der Waals surface area contributed by atoms with Gasteiger partial charge in [-0.05, 0) is 23.8 Å². The van der Waals surface area contributed by atoms with Crippen LogP contribution in [-0.2, 0) is 9.59 Å². The third-order valence-corrected chi connectivity index (χ3v) is 3.66. The Labute approximate surface area is 137 Å². The van der Waals surface area contributed by atoms with E-state index in [0.29, 0.717) is 16.3 Å². The van der Waals surface area contributed by atoms with E-state index in [9.17, 15) is 9.59 Å². The van der Waals surface area contributed by atoms with Crippen LogP contribution in [0, 0.1) is 11.3 Å². The van der Waals surface area contributed by atoms with E-state index in [-0.39, 0.29) is 5.02 Å². The fourth-order valence-electron chi connectivity index (χ4n) is 1.83. The molecule has 0 aliphatic rings. The van der Waals surface area contributed by atoms with E-state index in [1.54, 1.807) is 30.3 Å². The zero-order valence-electron chi connectivity index (χ0n) is 11.2. The number of halogens is 2. The summed E-state index contributed by atoms with van der Waals surface area (Å²) in [4.78, 5) is 24.1. The standard InChI is InChI=1S/C16H10Cl2N2O2/c17-13-7-6-11(8-14(13)18)20-16(22)15(21)12(9-19)10-4-2-1-3-5-10/h1-8,12H,(H,20,22)/t12-/m1/s1. The minimum atomic E-state index is -1.15. The number of rotatable bonds is 4. The molecule has 4 nitrogen and oxygen atoms in total. The van der Waals surface area contributed by atoms with Crippen LogP contribution in [0.15, 0.2) is 48.5 Å². The van der Waals surface area contributed by atoms with Gasteiger partial charge in [0.2, 0.25) is 5.78 Å². The van der Waals surface area contributed by atoms with Gasteiger partial charge in [-0.1, -0.05) is 53.5 Å². The largest absolute Gasteiger partial charge is 0.319 e. The van der Waals surface area contributed by atoms with Gasteiger partial charge in [0.05, 0.1) is 16.1 Å². The van der Waals surface area contributed by atoms with E-state index < -0.39 is 17.6 Å². The first-order valence-corrected chi connectivity index (χ1v) is 7.03. The van der Waals surface area contributed by atoms with Crippen molar-refractivity contribution in [3.05, 3.63) is 64.1 Å². The van der Waals surface area contributed by atoms with Gasteiger partial charge in [-0.15, -0.1) is 0 Å². The van der Waals surface area contributed by atoms with Crippen LogP contribution in [0.5, 0.6) is 0 Å². The molecule has 0 spiro atoms. The van der Waals surface area contributed by atoms with Gasteiger partial charge < -0.3 is 5.32 Å². The predicted octanol–water partition coefficient (Wildman–Crippen LogP) is 3.81. The van der Waals surface area contributed by atoms with Crippen LogP contribution < -0.4 is 5.32 Å². The zero-order chi connectivity index (χ0) is 16.1. The molecule has 0 saturated heterocycles. The molecule has 2 aromatic rings. The van der Waals surface area contributed by atoms with E-state index in [1.807, 2.05) is 6.07 Å². The highest BCUT2D eigenvalue weighted by molar-refractivity contribution is 6.44. The normalized spacial score (nSPS) is 11.3. The molecule has 0 radical (unpaired) electrons. The van der Waals surface area contributed by atoms with E-state index in [1.165, 1.54) is 18.2 Å². The van der Waals surface area contributed by atoms with Gasteiger partial charge >= 0.3 is 0 Å². The predicted molar refractivity (Wildman–Crippen MR) is 84.9 cm³/mol. The monoisotopic (exact) mass is 332 g/mol. The Hall–Kier alpha value is -2.35. The molecule has 110 valence electrons. The Balaban J connectivity index is 2.16. The third-order valence-electron chi connectivity index (χ3n) is 2.93. The lowest BCUT2D eigenvalue weighted by Crippen LogP contribution is -2.27. The van der Waals surface area contributed by atoms with Crippen LogP contribution in [0.4, 0.5) is 5.69 Å². The number of hydrogen-bond donors (Lipinski definition) is 1. The van der Waals surface area contributed by atoms with E-state index >= 15 is 0 Å². The van der Waals surface area contributed by atoms with E-state index in [2.05, 4.69) is 5.32 Å². The summed E-state index contributed by atoms with van der Waals surface area (Å²) >= 11 is 11.6. The number of ketones is 1. The highest BCUT2D eigenvalue weighted by atomic mass is 35.5. The Morgan fingerprint density at radius 1 is 1.05 bits per heavy atom. The summed E-state index contributed by atoms with van der Waals surface area (Å²) in [6.07, 6.45) is 0. The van der Waals surface area contributed by atoms with Crippen LogP contribution >= 0.6 is 23.2 Å². The molecule has 6 heteroatoms. The molecule has 2 rings (SSSR count). The molecule has 0 aromatic heterocycles. The number of hydrogen-bond acceptors (Lipinski definition) is 3. The average Bonchev–Trinajstić information content (AvgIpc) is 2.52. The molecule has 1 amide bonds. The molecule has 1 atom stereocenters. The topological polar surface area (TPSA) is 70.0 Å². The number of carbonyl (C=O) groups is 2. The highest BCUT2D eigenvalue weighted by Crippen LogP contribution is 2.25. The number of anilines is 1. The lowest BCUT2D eigenvalue weighted by Gasteiger charge is -2.09. The van der Waals surface area contributed by atoms with Gasteiger partial charge in [-0.2, -0.15) is 5.26 Å². The summed E-state index contributed by atoms with van der Waals surface area (Å²) in [6, 6.07) is 14.7. The third kappa shape index (κ3) is 3.64. The summed E-state index contributed by atoms with van der Waals surface area (Å²) in [5.74, 6) is -2.86. The number of benzene rings is 2. The fourth-order valence-corrected chi connectivity index (χ4v) is 2.13. The van der Waals surface area contributed by atoms with E-state index in [4.69, 9.17) is 28.5 Å². The molecule has 0 bridgehead atoms. The maximum Gasteiger partial charge on any atom is 0.293 e. The van der Waals surface area contributed by atoms with Crippen molar-refractivity contribution in [2.75, 3.05) is 5.32 Å². The molecule has 1 N–H and O–H groups in total. The van der Waals surface area contributed by atoms with Crippen LogP contribution in [0.3, 0.4) is 0 Å². The Morgan fingerprint density at radius 3 is 2.32 bits per heavy atom. The Morgan fingerprint density at radius 2 is 1.73 bits per heavy atom. The molecule has 0 aliphatic carbocycles. The average molecular weight is 333 g/mol. The fraction of sp³-hybridized carbons (Fsp3) is 0.0625. The van der Waals surface area contributed by atoms with Crippen molar-refractivity contribution >= 4 is 40.6 Å². The molecule has 0 saturated carbocycles. The molecular formula is C16H10Cl2N2O2. The first kappa shape index (κ1) is 16.0. The number of nitrogens with one attached hydrogen (secondary N) is 1. The lowest BCUT2D eigenvalue weighted by atomic mass is 9.96. The summed E-state index contributed by atoms with van der Waals surface area (Å²) < 4.78 is 0. The first-order chi connectivity index (χ1) is 10.5. The van der Waals surface area contributed by atoms with Crippen molar-refractivity contribution in [1.82, 2.24) is 0 Å². The molecule has 0 fully saturated rings. The molecule has 0 aliphatic heterocycles. The van der Waals surface area contributed by atoms with Crippen LogP contribution in [0.1, 0.15) is 11.5 Å². The lowest BCUT2D eigenvalue weighted by molar-refractivity contribution is -0.135. The summed E-state index contributed by atoms with van der Waals surface area (Å²) in [7, 11) is 0. The van der Waals surface area contributed by atoms with Crippen molar-refractivity contribution in [3.8, 4) is 6.07 Å². The molecule has 22 heavy (non-hydrogen) atoms. The molecule has 0 unspecified atom stereocenters. The Kier molecular flexibility index (Phi) is 5.16. The number of nitriles is 1. The summed E-state index contributed by atoms with van der Waals surface area (Å²) in [6.45, 7) is 0. The second-order valence-corrected chi connectivity index (χ2v) is 5.23. The van der Waals surface area contributed by atoms with Crippen molar-refractivity contribution in [2.24, 2.45) is 0 Å². The van der Waals surface area contributed by atoms with Gasteiger partial charge in [0.25, 0.3) is 5.91 Å².